The third-order valence-electron chi connectivity index (χ3n) is 6.01. The maximum Gasteiger partial charge on any atom is 0.243 e. The highest BCUT2D eigenvalue weighted by Crippen LogP contribution is 2.38. The van der Waals surface area contributed by atoms with Gasteiger partial charge < -0.3 is 9.80 Å². The van der Waals surface area contributed by atoms with Crippen molar-refractivity contribution in [3.63, 3.8) is 0 Å². The molecule has 0 saturated heterocycles. The minimum atomic E-state index is -0.511. The highest BCUT2D eigenvalue weighted by Gasteiger charge is 2.36. The monoisotopic (exact) mass is 426 g/mol. The van der Waals surface area contributed by atoms with Crippen molar-refractivity contribution in [1.82, 2.24) is 9.80 Å². The van der Waals surface area contributed by atoms with E-state index in [1.807, 2.05) is 32.6 Å². The first-order valence-corrected chi connectivity index (χ1v) is 11.7. The molecule has 0 fully saturated rings. The highest BCUT2D eigenvalue weighted by atomic mass is 32.1. The molecule has 2 aromatic rings. The largest absolute Gasteiger partial charge is 0.330 e. The van der Waals surface area contributed by atoms with Crippen LogP contribution in [-0.4, -0.2) is 40.7 Å². The van der Waals surface area contributed by atoms with Gasteiger partial charge in [0.1, 0.15) is 6.54 Å². The van der Waals surface area contributed by atoms with Gasteiger partial charge in [0.15, 0.2) is 0 Å². The SMILES string of the molecule is CC[C@H](C)N(CC(=O)N1CCc2sccc2[C@H]1c1ccc(C)cc1)C(=O)C(C)(C)C. The molecule has 2 heterocycles. The normalized spacial score (nSPS) is 17.4. The first-order valence-electron chi connectivity index (χ1n) is 10.9. The van der Waals surface area contributed by atoms with Crippen molar-refractivity contribution in [3.05, 3.63) is 57.3 Å². The van der Waals surface area contributed by atoms with Crippen molar-refractivity contribution in [2.75, 3.05) is 13.1 Å². The summed E-state index contributed by atoms with van der Waals surface area (Å²) in [6.45, 7) is 12.7. The number of carbonyl (C=O) groups excluding carboxylic acids is 2. The standard InChI is InChI=1S/C25H34N2O2S/c1-7-18(3)27(24(29)25(4,5)6)16-22(28)26-14-12-21-20(13-15-30-21)23(26)19-10-8-17(2)9-11-19/h8-11,13,15,18,23H,7,12,14,16H2,1-6H3/t18-,23+/m0/s1. The molecule has 0 saturated carbocycles. The Balaban J connectivity index is 1.92. The van der Waals surface area contributed by atoms with Crippen LogP contribution in [0.1, 0.15) is 68.6 Å². The molecule has 0 N–H and O–H groups in total. The Morgan fingerprint density at radius 3 is 2.47 bits per heavy atom. The summed E-state index contributed by atoms with van der Waals surface area (Å²) in [5.41, 5.74) is 3.05. The Morgan fingerprint density at radius 1 is 1.20 bits per heavy atom. The number of amides is 2. The number of fused-ring (bicyclic) bond motifs is 1. The Labute approximate surface area is 184 Å². The molecule has 30 heavy (non-hydrogen) atoms. The van der Waals surface area contributed by atoms with Gasteiger partial charge in [0.2, 0.25) is 11.8 Å². The predicted octanol–water partition coefficient (Wildman–Crippen LogP) is 5.20. The zero-order chi connectivity index (χ0) is 22.1. The minimum absolute atomic E-state index is 0.0234. The lowest BCUT2D eigenvalue weighted by Gasteiger charge is -2.39. The van der Waals surface area contributed by atoms with Gasteiger partial charge in [0, 0.05) is 22.9 Å². The highest BCUT2D eigenvalue weighted by molar-refractivity contribution is 7.10. The molecule has 3 rings (SSSR count). The van der Waals surface area contributed by atoms with Gasteiger partial charge in [-0.15, -0.1) is 11.3 Å². The Hall–Kier alpha value is -2.14. The summed E-state index contributed by atoms with van der Waals surface area (Å²) in [7, 11) is 0. The van der Waals surface area contributed by atoms with Crippen LogP contribution >= 0.6 is 11.3 Å². The summed E-state index contributed by atoms with van der Waals surface area (Å²) in [6, 6.07) is 10.5. The molecule has 2 amide bonds. The zero-order valence-electron chi connectivity index (χ0n) is 19.1. The Kier molecular flexibility index (Phi) is 6.71. The summed E-state index contributed by atoms with van der Waals surface area (Å²) < 4.78 is 0. The quantitative estimate of drug-likeness (QED) is 0.659. The summed E-state index contributed by atoms with van der Waals surface area (Å²) in [4.78, 5) is 31.8. The summed E-state index contributed by atoms with van der Waals surface area (Å²) in [6.07, 6.45) is 1.70. The number of nitrogens with zero attached hydrogens (tertiary/aromatic N) is 2. The molecule has 0 bridgehead atoms. The van der Waals surface area contributed by atoms with E-state index in [0.29, 0.717) is 6.54 Å². The van der Waals surface area contributed by atoms with Gasteiger partial charge in [-0.25, -0.2) is 0 Å². The fourth-order valence-electron chi connectivity index (χ4n) is 4.01. The summed E-state index contributed by atoms with van der Waals surface area (Å²) >= 11 is 1.77. The zero-order valence-corrected chi connectivity index (χ0v) is 19.9. The van der Waals surface area contributed by atoms with Crippen LogP contribution in [0.2, 0.25) is 0 Å². The van der Waals surface area contributed by atoms with Gasteiger partial charge in [0.25, 0.3) is 0 Å². The molecule has 1 aromatic heterocycles. The number of aryl methyl sites for hydroxylation is 1. The lowest BCUT2D eigenvalue weighted by Crippen LogP contribution is -2.51. The van der Waals surface area contributed by atoms with Crippen LogP contribution < -0.4 is 0 Å². The molecule has 5 heteroatoms. The molecule has 0 spiro atoms. The molecule has 0 radical (unpaired) electrons. The molecular formula is C25H34N2O2S. The van der Waals surface area contributed by atoms with Gasteiger partial charge in [-0.05, 0) is 49.3 Å². The number of benzene rings is 1. The lowest BCUT2D eigenvalue weighted by atomic mass is 9.92. The van der Waals surface area contributed by atoms with E-state index in [1.165, 1.54) is 16.0 Å². The summed E-state index contributed by atoms with van der Waals surface area (Å²) in [5.74, 6) is 0.0562. The van der Waals surface area contributed by atoms with Gasteiger partial charge in [-0.3, -0.25) is 9.59 Å². The van der Waals surface area contributed by atoms with Crippen LogP contribution in [0.5, 0.6) is 0 Å². The maximum atomic E-state index is 13.6. The van der Waals surface area contributed by atoms with Gasteiger partial charge in [-0.2, -0.15) is 0 Å². The average molecular weight is 427 g/mol. The number of thiophene rings is 1. The molecule has 162 valence electrons. The number of rotatable bonds is 5. The molecule has 1 aliphatic rings. The smallest absolute Gasteiger partial charge is 0.243 e. The van der Waals surface area contributed by atoms with Crippen LogP contribution in [-0.2, 0) is 16.0 Å². The second-order valence-corrected chi connectivity index (χ2v) is 10.4. The molecule has 0 aliphatic carbocycles. The third-order valence-corrected chi connectivity index (χ3v) is 7.01. The summed E-state index contributed by atoms with van der Waals surface area (Å²) in [5, 5.41) is 2.12. The van der Waals surface area contributed by atoms with Crippen molar-refractivity contribution in [2.24, 2.45) is 5.41 Å². The Morgan fingerprint density at radius 2 is 1.87 bits per heavy atom. The molecule has 1 aromatic carbocycles. The van der Waals surface area contributed by atoms with Crippen molar-refractivity contribution in [1.29, 1.82) is 0 Å². The topological polar surface area (TPSA) is 40.6 Å². The Bertz CT molecular complexity index is 895. The number of carbonyl (C=O) groups is 2. The molecular weight excluding hydrogens is 392 g/mol. The van der Waals surface area contributed by atoms with Crippen molar-refractivity contribution in [2.45, 2.75) is 66.5 Å². The second-order valence-electron chi connectivity index (χ2n) is 9.39. The fraction of sp³-hybridized carbons (Fsp3) is 0.520. The van der Waals surface area contributed by atoms with Crippen LogP contribution in [0.4, 0.5) is 0 Å². The van der Waals surface area contributed by atoms with Crippen molar-refractivity contribution < 1.29 is 9.59 Å². The molecule has 0 unspecified atom stereocenters. The molecule has 1 aliphatic heterocycles. The lowest BCUT2D eigenvalue weighted by molar-refractivity contribution is -0.148. The van der Waals surface area contributed by atoms with Crippen LogP contribution in [0.15, 0.2) is 35.7 Å². The first-order chi connectivity index (χ1) is 14.1. The average Bonchev–Trinajstić information content (AvgIpc) is 3.19. The maximum absolute atomic E-state index is 13.6. The second kappa shape index (κ2) is 8.93. The van der Waals surface area contributed by atoms with E-state index in [-0.39, 0.29) is 30.4 Å². The van der Waals surface area contributed by atoms with Crippen molar-refractivity contribution in [3.8, 4) is 0 Å². The van der Waals surface area contributed by atoms with E-state index in [4.69, 9.17) is 0 Å². The van der Waals surface area contributed by atoms with Gasteiger partial charge >= 0.3 is 0 Å². The van der Waals surface area contributed by atoms with E-state index in [2.05, 4.69) is 49.6 Å². The van der Waals surface area contributed by atoms with E-state index in [0.717, 1.165) is 18.4 Å². The van der Waals surface area contributed by atoms with Crippen LogP contribution in [0.3, 0.4) is 0 Å². The van der Waals surface area contributed by atoms with Crippen LogP contribution in [0, 0.1) is 12.3 Å². The predicted molar refractivity (Wildman–Crippen MR) is 124 cm³/mol. The van der Waals surface area contributed by atoms with Crippen LogP contribution in [0.25, 0.3) is 0 Å². The third kappa shape index (κ3) is 4.61. The number of hydrogen-bond acceptors (Lipinski definition) is 3. The van der Waals surface area contributed by atoms with Gasteiger partial charge in [-0.1, -0.05) is 57.5 Å². The van der Waals surface area contributed by atoms with E-state index in [1.54, 1.807) is 16.2 Å². The van der Waals surface area contributed by atoms with E-state index < -0.39 is 5.41 Å². The van der Waals surface area contributed by atoms with Crippen molar-refractivity contribution >= 4 is 23.2 Å². The minimum Gasteiger partial charge on any atom is -0.330 e. The first kappa shape index (κ1) is 22.5. The number of hydrogen-bond donors (Lipinski definition) is 0. The fourth-order valence-corrected chi connectivity index (χ4v) is 4.91. The van der Waals surface area contributed by atoms with E-state index >= 15 is 0 Å². The van der Waals surface area contributed by atoms with Gasteiger partial charge in [0.05, 0.1) is 6.04 Å². The molecule has 4 nitrogen and oxygen atoms in total. The van der Waals surface area contributed by atoms with E-state index in [9.17, 15) is 9.59 Å². The molecule has 2 atom stereocenters.